The summed E-state index contributed by atoms with van der Waals surface area (Å²) in [6.45, 7) is 0. The van der Waals surface area contributed by atoms with Crippen molar-refractivity contribution in [2.24, 2.45) is 5.73 Å². The van der Waals surface area contributed by atoms with Crippen LogP contribution in [-0.2, 0) is 33.9 Å². The van der Waals surface area contributed by atoms with Gasteiger partial charge in [-0.15, -0.1) is 0 Å². The summed E-state index contributed by atoms with van der Waals surface area (Å²) in [7, 11) is 0.0920. The van der Waals surface area contributed by atoms with E-state index < -0.39 is 37.6 Å². The van der Waals surface area contributed by atoms with Crippen LogP contribution >= 0.6 is 23.2 Å². The Morgan fingerprint density at radius 1 is 1.07 bits per heavy atom. The summed E-state index contributed by atoms with van der Waals surface area (Å²) in [5.74, 6) is -1.76. The Hall–Kier alpha value is -2.03. The van der Waals surface area contributed by atoms with E-state index in [1.165, 1.54) is 41.7 Å². The standard InChI is InChI=1S/C17H16B3Cl2NO5S/c18-16(10-6-11(21)8-12(22)7-10)14(24)13(15(23)27-16)28-29(25,26)17(19,20)9-4-2-1-3-5-9/h1-8H,18-20,23H2/t16-/m1/s1. The average molecular weight is 450 g/mol. The van der Waals surface area contributed by atoms with Gasteiger partial charge in [-0.1, -0.05) is 53.5 Å². The van der Waals surface area contributed by atoms with Crippen LogP contribution in [0.2, 0.25) is 10.0 Å². The van der Waals surface area contributed by atoms with Crippen molar-refractivity contribution >= 4 is 62.6 Å². The third-order valence-electron chi connectivity index (χ3n) is 4.88. The van der Waals surface area contributed by atoms with Crippen LogP contribution in [0.15, 0.2) is 60.2 Å². The number of hydrogen-bond acceptors (Lipinski definition) is 6. The molecule has 1 aliphatic rings. The molecule has 0 amide bonds. The van der Waals surface area contributed by atoms with Crippen molar-refractivity contribution in [1.29, 1.82) is 0 Å². The lowest BCUT2D eigenvalue weighted by Crippen LogP contribution is -2.40. The fourth-order valence-corrected chi connectivity index (χ4v) is 4.47. The van der Waals surface area contributed by atoms with Crippen molar-refractivity contribution in [3.8, 4) is 0 Å². The average Bonchev–Trinajstić information content (AvgIpc) is 2.85. The number of halogens is 2. The van der Waals surface area contributed by atoms with Crippen LogP contribution in [0, 0.1) is 0 Å². The first-order chi connectivity index (χ1) is 13.4. The first-order valence-corrected chi connectivity index (χ1v) is 10.7. The van der Waals surface area contributed by atoms with E-state index in [4.69, 9.17) is 37.9 Å². The number of nitrogens with two attached hydrogens (primary N) is 1. The van der Waals surface area contributed by atoms with Gasteiger partial charge in [0.1, 0.15) is 15.7 Å². The first-order valence-electron chi connectivity index (χ1n) is 8.58. The number of carbonyl (C=O) groups is 1. The van der Waals surface area contributed by atoms with E-state index in [-0.39, 0.29) is 10.0 Å². The quantitative estimate of drug-likeness (QED) is 0.507. The Balaban J connectivity index is 1.96. The second-order valence-corrected chi connectivity index (χ2v) is 10.2. The van der Waals surface area contributed by atoms with Gasteiger partial charge in [0.15, 0.2) is 13.3 Å². The van der Waals surface area contributed by atoms with E-state index in [1.807, 2.05) is 0 Å². The second-order valence-electron chi connectivity index (χ2n) is 7.23. The van der Waals surface area contributed by atoms with Crippen LogP contribution in [0.1, 0.15) is 11.1 Å². The third kappa shape index (κ3) is 3.76. The topological polar surface area (TPSA) is 95.7 Å². The molecule has 2 N–H and O–H groups in total. The highest BCUT2D eigenvalue weighted by Crippen LogP contribution is 2.39. The highest BCUT2D eigenvalue weighted by molar-refractivity contribution is 7.90. The van der Waals surface area contributed by atoms with Gasteiger partial charge in [-0.25, -0.2) is 0 Å². The van der Waals surface area contributed by atoms with Crippen molar-refractivity contribution in [3.05, 3.63) is 81.3 Å². The molecule has 1 atom stereocenters. The summed E-state index contributed by atoms with van der Waals surface area (Å²) in [4.78, 5) is 13.1. The lowest BCUT2D eigenvalue weighted by Gasteiger charge is -2.26. The number of hydrogen-bond donors (Lipinski definition) is 1. The molecule has 29 heavy (non-hydrogen) atoms. The molecule has 1 heterocycles. The maximum absolute atomic E-state index is 13.1. The minimum Gasteiger partial charge on any atom is -0.467 e. The maximum atomic E-state index is 13.1. The molecule has 0 fully saturated rings. The van der Waals surface area contributed by atoms with E-state index in [9.17, 15) is 13.2 Å². The van der Waals surface area contributed by atoms with Crippen LogP contribution in [0.5, 0.6) is 0 Å². The van der Waals surface area contributed by atoms with Crippen molar-refractivity contribution in [2.45, 2.75) is 10.0 Å². The molecular weight excluding hydrogens is 434 g/mol. The number of ketones is 1. The lowest BCUT2D eigenvalue weighted by molar-refractivity contribution is -0.126. The molecule has 0 bridgehead atoms. The fraction of sp³-hybridized carbons (Fsp3) is 0.118. The number of Topliss-reactive ketones (excluding diaryl/α,β-unsaturated/α-hetero) is 1. The molecule has 0 aromatic heterocycles. The Bertz CT molecular complexity index is 1100. The van der Waals surface area contributed by atoms with Crippen LogP contribution in [0.3, 0.4) is 0 Å². The highest BCUT2D eigenvalue weighted by atomic mass is 35.5. The molecule has 1 aliphatic heterocycles. The minimum absolute atomic E-state index is 0.288. The molecule has 6 nitrogen and oxygen atoms in total. The second kappa shape index (κ2) is 7.34. The molecule has 0 saturated heterocycles. The predicted molar refractivity (Wildman–Crippen MR) is 119 cm³/mol. The van der Waals surface area contributed by atoms with Gasteiger partial charge in [-0.3, -0.25) is 4.79 Å². The van der Waals surface area contributed by atoms with Crippen LogP contribution in [0.25, 0.3) is 0 Å². The van der Waals surface area contributed by atoms with E-state index >= 15 is 0 Å². The summed E-state index contributed by atoms with van der Waals surface area (Å²) in [6, 6.07) is 13.0. The molecule has 12 heteroatoms. The van der Waals surface area contributed by atoms with E-state index in [2.05, 4.69) is 0 Å². The Morgan fingerprint density at radius 2 is 1.62 bits per heavy atom. The summed E-state index contributed by atoms with van der Waals surface area (Å²) in [5.41, 5.74) is 5.02. The molecule has 0 saturated carbocycles. The number of carbonyl (C=O) groups excluding carboxylic acids is 1. The Kier molecular flexibility index (Phi) is 5.49. The van der Waals surface area contributed by atoms with Crippen LogP contribution in [-0.4, -0.2) is 37.7 Å². The largest absolute Gasteiger partial charge is 0.467 e. The molecule has 148 valence electrons. The van der Waals surface area contributed by atoms with Crippen LogP contribution < -0.4 is 5.73 Å². The molecule has 0 unspecified atom stereocenters. The molecule has 2 aromatic rings. The van der Waals surface area contributed by atoms with Gasteiger partial charge in [-0.05, 0) is 29.3 Å². The van der Waals surface area contributed by atoms with Crippen molar-refractivity contribution in [2.75, 3.05) is 0 Å². The molecule has 2 aromatic carbocycles. The molecule has 3 rings (SSSR count). The smallest absolute Gasteiger partial charge is 0.304 e. The fourth-order valence-electron chi connectivity index (χ4n) is 2.94. The Labute approximate surface area is 181 Å². The lowest BCUT2D eigenvalue weighted by atomic mass is 9.65. The molecule has 0 spiro atoms. The van der Waals surface area contributed by atoms with Gasteiger partial charge in [0.25, 0.3) is 0 Å². The van der Waals surface area contributed by atoms with Crippen LogP contribution in [0.4, 0.5) is 0 Å². The minimum atomic E-state index is -4.30. The Morgan fingerprint density at radius 3 is 2.17 bits per heavy atom. The summed E-state index contributed by atoms with van der Waals surface area (Å²) >= 11 is 12.0. The summed E-state index contributed by atoms with van der Waals surface area (Å²) in [5, 5.41) is 0.576. The number of rotatable bonds is 5. The van der Waals surface area contributed by atoms with Gasteiger partial charge >= 0.3 is 10.1 Å². The van der Waals surface area contributed by atoms with Crippen molar-refractivity contribution < 1.29 is 22.1 Å². The van der Waals surface area contributed by atoms with Gasteiger partial charge < -0.3 is 14.7 Å². The zero-order valence-electron chi connectivity index (χ0n) is 15.9. The number of ether oxygens (including phenoxy) is 1. The van der Waals surface area contributed by atoms with E-state index in [0.29, 0.717) is 11.1 Å². The zero-order valence-corrected chi connectivity index (χ0v) is 18.2. The normalized spacial score (nSPS) is 19.9. The third-order valence-corrected chi connectivity index (χ3v) is 7.19. The van der Waals surface area contributed by atoms with E-state index in [0.717, 1.165) is 0 Å². The molecular formula is C17H16B3Cl2NO5S. The SMILES string of the molecule is BC(B)(c1ccccc1)S(=O)(=O)OC1=C(N)O[C@](B)(c2cc(Cl)cc(Cl)c2)C1=O. The van der Waals surface area contributed by atoms with E-state index in [1.54, 1.807) is 30.3 Å². The van der Waals surface area contributed by atoms with Crippen molar-refractivity contribution in [1.82, 2.24) is 0 Å². The predicted octanol–water partition coefficient (Wildman–Crippen LogP) is -0.0705. The first kappa shape index (κ1) is 21.7. The van der Waals surface area contributed by atoms with Gasteiger partial charge in [0.05, 0.1) is 4.55 Å². The molecule has 0 radical (unpaired) electrons. The molecule has 0 aliphatic carbocycles. The van der Waals surface area contributed by atoms with Gasteiger partial charge in [0, 0.05) is 10.0 Å². The monoisotopic (exact) mass is 449 g/mol. The van der Waals surface area contributed by atoms with Gasteiger partial charge in [-0.2, -0.15) is 8.42 Å². The number of benzene rings is 2. The van der Waals surface area contributed by atoms with Crippen molar-refractivity contribution in [3.63, 3.8) is 0 Å². The zero-order chi connectivity index (χ0) is 21.6. The summed E-state index contributed by atoms with van der Waals surface area (Å²) < 4.78 is 35.3. The van der Waals surface area contributed by atoms with Gasteiger partial charge in [0.2, 0.25) is 17.4 Å². The maximum Gasteiger partial charge on any atom is 0.304 e. The summed E-state index contributed by atoms with van der Waals surface area (Å²) in [6.07, 6.45) is 0. The highest BCUT2D eigenvalue weighted by Gasteiger charge is 2.51.